The molecule has 3 heterocycles. The average molecular weight is 461 g/mol. The molecule has 0 unspecified atom stereocenters. The van der Waals surface area contributed by atoms with Crippen LogP contribution < -0.4 is 10.1 Å². The van der Waals surface area contributed by atoms with E-state index in [4.69, 9.17) is 9.47 Å². The van der Waals surface area contributed by atoms with E-state index in [1.54, 1.807) is 11.1 Å². The summed E-state index contributed by atoms with van der Waals surface area (Å²) in [7, 11) is 0. The van der Waals surface area contributed by atoms with E-state index in [0.717, 1.165) is 53.4 Å². The van der Waals surface area contributed by atoms with Crippen LogP contribution in [0.3, 0.4) is 0 Å². The first-order valence-corrected chi connectivity index (χ1v) is 11.7. The molecule has 0 atom stereocenters. The van der Waals surface area contributed by atoms with Crippen LogP contribution in [0.1, 0.15) is 49.7 Å². The minimum atomic E-state index is -0.565. The van der Waals surface area contributed by atoms with Crippen LogP contribution in [0.2, 0.25) is 0 Å². The van der Waals surface area contributed by atoms with Gasteiger partial charge in [-0.05, 0) is 62.9 Å². The quantitative estimate of drug-likeness (QED) is 0.512. The maximum Gasteiger partial charge on any atom is 0.410 e. The lowest BCUT2D eigenvalue weighted by Crippen LogP contribution is -2.36. The lowest BCUT2D eigenvalue weighted by molar-refractivity contribution is 0.0214. The fourth-order valence-corrected chi connectivity index (χ4v) is 3.76. The number of hydrogen-bond acceptors (Lipinski definition) is 6. The van der Waals surface area contributed by atoms with Gasteiger partial charge in [0.1, 0.15) is 5.60 Å². The molecule has 34 heavy (non-hydrogen) atoms. The van der Waals surface area contributed by atoms with Crippen molar-refractivity contribution in [3.8, 4) is 5.75 Å². The molecule has 3 aromatic rings. The molecule has 2 aromatic heterocycles. The Morgan fingerprint density at radius 2 is 1.82 bits per heavy atom. The van der Waals surface area contributed by atoms with Gasteiger partial charge in [-0.2, -0.15) is 0 Å². The van der Waals surface area contributed by atoms with Crippen LogP contribution in [0.4, 0.5) is 10.5 Å². The summed E-state index contributed by atoms with van der Waals surface area (Å²) >= 11 is 0. The van der Waals surface area contributed by atoms with Crippen LogP contribution in [0.25, 0.3) is 0 Å². The van der Waals surface area contributed by atoms with Crippen LogP contribution in [0.5, 0.6) is 5.75 Å². The molecule has 0 aliphatic carbocycles. The van der Waals surface area contributed by atoms with Crippen molar-refractivity contribution in [3.05, 3.63) is 83.4 Å². The third kappa shape index (κ3) is 6.47. The topological polar surface area (TPSA) is 76.6 Å². The van der Waals surface area contributed by atoms with Crippen LogP contribution in [0, 0.1) is 0 Å². The molecule has 4 rings (SSSR count). The lowest BCUT2D eigenvalue weighted by Gasteiger charge is -2.27. The van der Waals surface area contributed by atoms with Gasteiger partial charge in [-0.1, -0.05) is 30.3 Å². The second-order valence-electron chi connectivity index (χ2n) is 9.41. The molecule has 1 N–H and O–H groups in total. The van der Waals surface area contributed by atoms with Crippen molar-refractivity contribution >= 4 is 11.8 Å². The Morgan fingerprint density at radius 3 is 2.56 bits per heavy atom. The van der Waals surface area contributed by atoms with Crippen molar-refractivity contribution in [2.24, 2.45) is 0 Å². The molecule has 0 saturated heterocycles. The predicted octanol–water partition coefficient (Wildman–Crippen LogP) is 5.35. The normalized spacial score (nSPS) is 12.9. The average Bonchev–Trinajstić information content (AvgIpc) is 2.83. The number of ether oxygens (including phenoxy) is 2. The van der Waals surface area contributed by atoms with Gasteiger partial charge in [0.05, 0.1) is 30.2 Å². The summed E-state index contributed by atoms with van der Waals surface area (Å²) in [5, 5.41) is 3.47. The molecular weight excluding hydrogens is 428 g/mol. The van der Waals surface area contributed by atoms with Crippen molar-refractivity contribution in [2.45, 2.75) is 58.8 Å². The van der Waals surface area contributed by atoms with Crippen LogP contribution in [-0.4, -0.2) is 33.2 Å². The smallest absolute Gasteiger partial charge is 0.410 e. The van der Waals surface area contributed by atoms with Gasteiger partial charge in [0.25, 0.3) is 0 Å². The van der Waals surface area contributed by atoms with Gasteiger partial charge in [0, 0.05) is 25.5 Å². The Balaban J connectivity index is 1.41. The zero-order valence-electron chi connectivity index (χ0n) is 20.1. The molecule has 0 saturated carbocycles. The van der Waals surface area contributed by atoms with E-state index in [-0.39, 0.29) is 6.09 Å². The fourth-order valence-electron chi connectivity index (χ4n) is 3.76. The van der Waals surface area contributed by atoms with Gasteiger partial charge in [0.2, 0.25) is 0 Å². The van der Waals surface area contributed by atoms with E-state index < -0.39 is 5.60 Å². The number of aryl methyl sites for hydroxylation is 1. The molecule has 1 amide bonds. The SMILES string of the molecule is CC(C)(C)OC(=O)N(Cc1ccc(CNc2ccnc3c2OCCC3)cc1)Cc1ccccn1. The van der Waals surface area contributed by atoms with Crippen molar-refractivity contribution in [3.63, 3.8) is 0 Å². The number of rotatable bonds is 7. The molecule has 7 heteroatoms. The summed E-state index contributed by atoms with van der Waals surface area (Å²) in [5.41, 5.74) is 4.40. The van der Waals surface area contributed by atoms with E-state index in [1.807, 2.05) is 63.4 Å². The largest absolute Gasteiger partial charge is 0.489 e. The number of aromatic nitrogens is 2. The summed E-state index contributed by atoms with van der Waals surface area (Å²) in [6.45, 7) is 7.83. The molecule has 0 radical (unpaired) electrons. The Kier molecular flexibility index (Phi) is 7.30. The molecular formula is C27H32N4O3. The van der Waals surface area contributed by atoms with Gasteiger partial charge < -0.3 is 14.8 Å². The fraction of sp³-hybridized carbons (Fsp3) is 0.370. The molecule has 7 nitrogen and oxygen atoms in total. The van der Waals surface area contributed by atoms with Crippen molar-refractivity contribution in [2.75, 3.05) is 11.9 Å². The van der Waals surface area contributed by atoms with Gasteiger partial charge in [0.15, 0.2) is 5.75 Å². The summed E-state index contributed by atoms with van der Waals surface area (Å²) in [5.74, 6) is 0.868. The molecule has 0 spiro atoms. The molecule has 0 fully saturated rings. The molecule has 178 valence electrons. The van der Waals surface area contributed by atoms with E-state index >= 15 is 0 Å². The maximum atomic E-state index is 12.9. The van der Waals surface area contributed by atoms with Crippen LogP contribution in [-0.2, 0) is 30.8 Å². The third-order valence-electron chi connectivity index (χ3n) is 5.39. The van der Waals surface area contributed by atoms with Gasteiger partial charge in [-0.3, -0.25) is 14.9 Å². The summed E-state index contributed by atoms with van der Waals surface area (Å²) < 4.78 is 11.5. The van der Waals surface area contributed by atoms with Crippen molar-refractivity contribution in [1.29, 1.82) is 0 Å². The lowest BCUT2D eigenvalue weighted by atomic mass is 10.1. The van der Waals surface area contributed by atoms with E-state index in [2.05, 4.69) is 27.4 Å². The number of hydrogen-bond donors (Lipinski definition) is 1. The summed E-state index contributed by atoms with van der Waals surface area (Å²) in [6, 6.07) is 15.9. The third-order valence-corrected chi connectivity index (χ3v) is 5.39. The van der Waals surface area contributed by atoms with Gasteiger partial charge in [-0.15, -0.1) is 0 Å². The number of benzene rings is 1. The Hall–Kier alpha value is -3.61. The number of pyridine rings is 2. The van der Waals surface area contributed by atoms with Crippen LogP contribution >= 0.6 is 0 Å². The summed E-state index contributed by atoms with van der Waals surface area (Å²) in [4.78, 5) is 23.3. The first kappa shape index (κ1) is 23.5. The monoisotopic (exact) mass is 460 g/mol. The zero-order chi connectivity index (χ0) is 24.0. The first-order chi connectivity index (χ1) is 16.4. The first-order valence-electron chi connectivity index (χ1n) is 11.7. The van der Waals surface area contributed by atoms with Gasteiger partial charge >= 0.3 is 6.09 Å². The van der Waals surface area contributed by atoms with Gasteiger partial charge in [-0.25, -0.2) is 4.79 Å². The van der Waals surface area contributed by atoms with E-state index in [9.17, 15) is 4.79 Å². The number of fused-ring (bicyclic) bond motifs is 1. The number of amides is 1. The number of nitrogens with one attached hydrogen (secondary N) is 1. The highest BCUT2D eigenvalue weighted by Crippen LogP contribution is 2.31. The predicted molar refractivity (Wildman–Crippen MR) is 132 cm³/mol. The highest BCUT2D eigenvalue weighted by Gasteiger charge is 2.23. The second-order valence-corrected chi connectivity index (χ2v) is 9.41. The minimum absolute atomic E-state index is 0.355. The Bertz CT molecular complexity index is 1100. The number of carbonyl (C=O) groups is 1. The van der Waals surface area contributed by atoms with E-state index in [1.165, 1.54) is 0 Å². The molecule has 0 bridgehead atoms. The van der Waals surface area contributed by atoms with E-state index in [0.29, 0.717) is 19.6 Å². The second kappa shape index (κ2) is 10.5. The Morgan fingerprint density at radius 1 is 1.03 bits per heavy atom. The zero-order valence-corrected chi connectivity index (χ0v) is 20.1. The molecule has 1 aliphatic heterocycles. The highest BCUT2D eigenvalue weighted by molar-refractivity contribution is 5.68. The number of carbonyl (C=O) groups excluding carboxylic acids is 1. The van der Waals surface area contributed by atoms with Crippen molar-refractivity contribution in [1.82, 2.24) is 14.9 Å². The van der Waals surface area contributed by atoms with Crippen molar-refractivity contribution < 1.29 is 14.3 Å². The number of anilines is 1. The van der Waals surface area contributed by atoms with Crippen LogP contribution in [0.15, 0.2) is 60.9 Å². The Labute approximate surface area is 201 Å². The minimum Gasteiger partial charge on any atom is -0.489 e. The summed E-state index contributed by atoms with van der Waals surface area (Å²) in [6.07, 6.45) is 5.16. The molecule has 1 aliphatic rings. The molecule has 1 aromatic carbocycles. The standard InChI is InChI=1S/C27H32N4O3/c1-27(2,3)34-26(32)31(19-22-7-4-5-14-28-22)18-21-11-9-20(10-12-21)17-30-24-13-15-29-23-8-6-16-33-25(23)24/h4-5,7,9-15H,6,8,16-19H2,1-3H3,(H,29,30). The maximum absolute atomic E-state index is 12.9. The number of nitrogens with zero attached hydrogens (tertiary/aromatic N) is 3. The highest BCUT2D eigenvalue weighted by atomic mass is 16.6.